The summed E-state index contributed by atoms with van der Waals surface area (Å²) < 4.78 is 2.09. The highest BCUT2D eigenvalue weighted by atomic mass is 16.2. The number of carbonyl (C=O) groups is 1. The molecule has 1 amide bonds. The van der Waals surface area contributed by atoms with Crippen molar-refractivity contribution in [3.05, 3.63) is 62.6 Å². The monoisotopic (exact) mass is 354 g/mol. The van der Waals surface area contributed by atoms with Crippen molar-refractivity contribution in [2.45, 2.75) is 66.8 Å². The number of unbranched alkanes of at least 4 members (excludes halogenated alkanes) is 3. The topological polar surface area (TPSA) is 51.1 Å². The number of amides is 1. The lowest BCUT2D eigenvalue weighted by molar-refractivity contribution is 0.102. The summed E-state index contributed by atoms with van der Waals surface area (Å²) in [5.41, 5.74) is 4.48. The minimum absolute atomic E-state index is 0.215. The lowest BCUT2D eigenvalue weighted by atomic mass is 10.1. The van der Waals surface area contributed by atoms with Crippen molar-refractivity contribution in [2.75, 3.05) is 5.32 Å². The third-order valence-electron chi connectivity index (χ3n) is 4.88. The van der Waals surface area contributed by atoms with Gasteiger partial charge in [0, 0.05) is 29.7 Å². The molecule has 2 aromatic rings. The quantitative estimate of drug-likeness (QED) is 0.718. The largest absolute Gasteiger partial charge is 0.348 e. The number of benzene rings is 1. The smallest absolute Gasteiger partial charge is 0.261 e. The molecule has 0 aliphatic carbocycles. The van der Waals surface area contributed by atoms with Gasteiger partial charge in [-0.05, 0) is 51.3 Å². The summed E-state index contributed by atoms with van der Waals surface area (Å²) >= 11 is 0. The van der Waals surface area contributed by atoms with Crippen LogP contribution in [0.3, 0.4) is 0 Å². The molecule has 0 atom stereocenters. The van der Waals surface area contributed by atoms with Crippen LogP contribution in [0.4, 0.5) is 5.69 Å². The second-order valence-electron chi connectivity index (χ2n) is 7.10. The van der Waals surface area contributed by atoms with Gasteiger partial charge in [-0.25, -0.2) is 0 Å². The van der Waals surface area contributed by atoms with Crippen molar-refractivity contribution in [3.8, 4) is 0 Å². The van der Waals surface area contributed by atoms with E-state index in [9.17, 15) is 9.59 Å². The fourth-order valence-corrected chi connectivity index (χ4v) is 3.29. The van der Waals surface area contributed by atoms with Crippen molar-refractivity contribution in [3.63, 3.8) is 0 Å². The van der Waals surface area contributed by atoms with Crippen LogP contribution in [0.2, 0.25) is 0 Å². The zero-order valence-corrected chi connectivity index (χ0v) is 16.6. The van der Waals surface area contributed by atoms with Gasteiger partial charge in [0.2, 0.25) is 0 Å². The maximum atomic E-state index is 12.8. The van der Waals surface area contributed by atoms with E-state index in [2.05, 4.69) is 16.8 Å². The summed E-state index contributed by atoms with van der Waals surface area (Å²) in [4.78, 5) is 25.3. The maximum Gasteiger partial charge on any atom is 0.261 e. The van der Waals surface area contributed by atoms with E-state index in [1.165, 1.54) is 12.8 Å². The summed E-state index contributed by atoms with van der Waals surface area (Å²) in [5, 5.41) is 2.92. The van der Waals surface area contributed by atoms with E-state index in [0.717, 1.165) is 47.6 Å². The summed E-state index contributed by atoms with van der Waals surface area (Å²) in [6.07, 6.45) is 4.60. The van der Waals surface area contributed by atoms with Gasteiger partial charge in [0.05, 0.1) is 0 Å². The van der Waals surface area contributed by atoms with Crippen molar-refractivity contribution in [1.82, 2.24) is 4.57 Å². The predicted molar refractivity (Wildman–Crippen MR) is 108 cm³/mol. The minimum atomic E-state index is -0.330. The molecule has 2 rings (SSSR count). The van der Waals surface area contributed by atoms with E-state index in [0.29, 0.717) is 0 Å². The third-order valence-corrected chi connectivity index (χ3v) is 4.88. The van der Waals surface area contributed by atoms with Crippen LogP contribution in [0.5, 0.6) is 0 Å². The number of hydrogen-bond donors (Lipinski definition) is 1. The van der Waals surface area contributed by atoms with Crippen molar-refractivity contribution < 1.29 is 4.79 Å². The molecule has 0 spiro atoms. The van der Waals surface area contributed by atoms with Crippen LogP contribution in [-0.4, -0.2) is 10.5 Å². The number of aromatic nitrogens is 1. The molecule has 1 heterocycles. The number of pyridine rings is 1. The van der Waals surface area contributed by atoms with Gasteiger partial charge >= 0.3 is 0 Å². The van der Waals surface area contributed by atoms with Crippen LogP contribution in [0.15, 0.2) is 29.1 Å². The van der Waals surface area contributed by atoms with Gasteiger partial charge in [-0.1, -0.05) is 38.3 Å². The van der Waals surface area contributed by atoms with E-state index >= 15 is 0 Å². The average Bonchev–Trinajstić information content (AvgIpc) is 2.57. The van der Waals surface area contributed by atoms with E-state index in [1.807, 2.05) is 45.9 Å². The fourth-order valence-electron chi connectivity index (χ4n) is 3.29. The normalized spacial score (nSPS) is 10.8. The molecule has 0 fully saturated rings. The number of hydrogen-bond acceptors (Lipinski definition) is 2. The van der Waals surface area contributed by atoms with Crippen molar-refractivity contribution in [2.24, 2.45) is 0 Å². The predicted octanol–water partition coefficient (Wildman–Crippen LogP) is 4.91. The zero-order valence-electron chi connectivity index (χ0n) is 16.6. The van der Waals surface area contributed by atoms with Gasteiger partial charge < -0.3 is 9.88 Å². The zero-order chi connectivity index (χ0) is 19.3. The van der Waals surface area contributed by atoms with Gasteiger partial charge in [-0.2, -0.15) is 0 Å². The van der Waals surface area contributed by atoms with Gasteiger partial charge in [-0.15, -0.1) is 0 Å². The molecule has 0 radical (unpaired) electrons. The van der Waals surface area contributed by atoms with Crippen LogP contribution < -0.4 is 10.7 Å². The summed E-state index contributed by atoms with van der Waals surface area (Å²) in [7, 11) is 0. The molecule has 0 saturated carbocycles. The Morgan fingerprint density at radius 1 is 1.04 bits per heavy atom. The number of carbonyl (C=O) groups excluding carboxylic acids is 1. The summed E-state index contributed by atoms with van der Waals surface area (Å²) in [6.45, 7) is 10.7. The van der Waals surface area contributed by atoms with Gasteiger partial charge in [0.15, 0.2) is 5.43 Å². The van der Waals surface area contributed by atoms with E-state index in [1.54, 1.807) is 6.07 Å². The fraction of sp³-hybridized carbons (Fsp3) is 0.455. The average molecular weight is 354 g/mol. The number of nitrogens with one attached hydrogen (secondary N) is 1. The second-order valence-corrected chi connectivity index (χ2v) is 7.10. The van der Waals surface area contributed by atoms with Gasteiger partial charge in [0.1, 0.15) is 5.56 Å². The molecule has 26 heavy (non-hydrogen) atoms. The minimum Gasteiger partial charge on any atom is -0.348 e. The molecule has 0 aliphatic rings. The highest BCUT2D eigenvalue weighted by molar-refractivity contribution is 6.05. The first-order valence-corrected chi connectivity index (χ1v) is 9.44. The third kappa shape index (κ3) is 4.63. The Bertz CT molecular complexity index is 850. The Balaban J connectivity index is 2.31. The van der Waals surface area contributed by atoms with Gasteiger partial charge in [0.25, 0.3) is 5.91 Å². The Morgan fingerprint density at radius 2 is 1.77 bits per heavy atom. The van der Waals surface area contributed by atoms with Crippen LogP contribution >= 0.6 is 0 Å². The molecule has 4 heteroatoms. The highest BCUT2D eigenvalue weighted by Crippen LogP contribution is 2.18. The Morgan fingerprint density at radius 3 is 2.46 bits per heavy atom. The lowest BCUT2D eigenvalue weighted by Crippen LogP contribution is -2.27. The van der Waals surface area contributed by atoms with E-state index in [-0.39, 0.29) is 16.9 Å². The molecule has 1 N–H and O–H groups in total. The van der Waals surface area contributed by atoms with Gasteiger partial charge in [-0.3, -0.25) is 9.59 Å². The Hall–Kier alpha value is -2.36. The first kappa shape index (κ1) is 20.0. The van der Waals surface area contributed by atoms with E-state index < -0.39 is 0 Å². The first-order chi connectivity index (χ1) is 12.3. The second kappa shape index (κ2) is 8.84. The standard InChI is InChI=1S/C22H30N2O2/c1-6-7-8-9-12-24-17(4)14-20(25)21(18(24)5)22(26)23-19-13-15(2)10-11-16(19)3/h10-11,13-14H,6-9,12H2,1-5H3,(H,23,26). The van der Waals surface area contributed by atoms with Crippen LogP contribution in [-0.2, 0) is 6.54 Å². The molecular formula is C22H30N2O2. The lowest BCUT2D eigenvalue weighted by Gasteiger charge is -2.18. The number of anilines is 1. The van der Waals surface area contributed by atoms with Crippen molar-refractivity contribution in [1.29, 1.82) is 0 Å². The number of rotatable bonds is 7. The molecule has 0 aliphatic heterocycles. The summed E-state index contributed by atoms with van der Waals surface area (Å²) in [6, 6.07) is 7.48. The SMILES string of the molecule is CCCCCCn1c(C)cc(=O)c(C(=O)Nc2cc(C)ccc2C)c1C. The Labute approximate surface area is 156 Å². The maximum absolute atomic E-state index is 12.8. The molecule has 140 valence electrons. The summed E-state index contributed by atoms with van der Waals surface area (Å²) in [5.74, 6) is -0.330. The molecule has 1 aromatic carbocycles. The molecule has 1 aromatic heterocycles. The van der Waals surface area contributed by atoms with Crippen molar-refractivity contribution >= 4 is 11.6 Å². The van der Waals surface area contributed by atoms with E-state index in [4.69, 9.17) is 0 Å². The number of nitrogens with zero attached hydrogens (tertiary/aromatic N) is 1. The first-order valence-electron chi connectivity index (χ1n) is 9.44. The van der Waals surface area contributed by atoms with Crippen LogP contribution in [0.1, 0.15) is 65.5 Å². The molecular weight excluding hydrogens is 324 g/mol. The highest BCUT2D eigenvalue weighted by Gasteiger charge is 2.18. The Kier molecular flexibility index (Phi) is 6.78. The molecule has 4 nitrogen and oxygen atoms in total. The molecule has 0 saturated heterocycles. The number of aryl methyl sites for hydroxylation is 3. The molecule has 0 unspecified atom stereocenters. The molecule has 0 bridgehead atoms. The van der Waals surface area contributed by atoms with Crippen LogP contribution in [0, 0.1) is 27.7 Å². The van der Waals surface area contributed by atoms with Crippen LogP contribution in [0.25, 0.3) is 0 Å².